The SMILES string of the molecule is Cl.Cl.Cl.NNCCCN1CCOCC1. The molecule has 1 aliphatic rings. The van der Waals surface area contributed by atoms with Crippen molar-refractivity contribution in [1.82, 2.24) is 10.3 Å². The topological polar surface area (TPSA) is 50.5 Å². The van der Waals surface area contributed by atoms with Crippen LogP contribution in [0.15, 0.2) is 0 Å². The molecule has 1 heterocycles. The predicted molar refractivity (Wildman–Crippen MR) is 65.8 cm³/mol. The first-order valence-corrected chi connectivity index (χ1v) is 4.17. The van der Waals surface area contributed by atoms with Gasteiger partial charge in [0.15, 0.2) is 0 Å². The van der Waals surface area contributed by atoms with Gasteiger partial charge in [0, 0.05) is 19.6 Å². The van der Waals surface area contributed by atoms with E-state index in [4.69, 9.17) is 10.6 Å². The molecule has 4 nitrogen and oxygen atoms in total. The summed E-state index contributed by atoms with van der Waals surface area (Å²) < 4.78 is 5.22. The van der Waals surface area contributed by atoms with Crippen LogP contribution in [0.3, 0.4) is 0 Å². The molecular weight excluding hydrogens is 248 g/mol. The smallest absolute Gasteiger partial charge is 0.0594 e. The third kappa shape index (κ3) is 9.27. The molecule has 1 fully saturated rings. The summed E-state index contributed by atoms with van der Waals surface area (Å²) in [7, 11) is 0. The Bertz CT molecular complexity index is 104. The molecule has 0 aliphatic carbocycles. The number of hydrogen-bond donors (Lipinski definition) is 2. The van der Waals surface area contributed by atoms with Crippen molar-refractivity contribution < 1.29 is 4.74 Å². The average molecular weight is 269 g/mol. The van der Waals surface area contributed by atoms with Crippen LogP contribution in [0.1, 0.15) is 6.42 Å². The van der Waals surface area contributed by atoms with Crippen molar-refractivity contribution in [3.05, 3.63) is 0 Å². The number of morpholine rings is 1. The van der Waals surface area contributed by atoms with E-state index in [1.807, 2.05) is 0 Å². The predicted octanol–water partition coefficient (Wildman–Crippen LogP) is 0.437. The van der Waals surface area contributed by atoms with E-state index in [9.17, 15) is 0 Å². The highest BCUT2D eigenvalue weighted by Crippen LogP contribution is 1.96. The maximum atomic E-state index is 5.22. The second-order valence-electron chi connectivity index (χ2n) is 2.76. The molecule has 3 N–H and O–H groups in total. The Kier molecular flexibility index (Phi) is 19.7. The van der Waals surface area contributed by atoms with Gasteiger partial charge in [0.05, 0.1) is 13.2 Å². The summed E-state index contributed by atoms with van der Waals surface area (Å²) in [5, 5.41) is 0. The second-order valence-corrected chi connectivity index (χ2v) is 2.76. The normalized spacial score (nSPS) is 16.1. The lowest BCUT2D eigenvalue weighted by Gasteiger charge is -2.26. The van der Waals surface area contributed by atoms with Crippen molar-refractivity contribution in [2.45, 2.75) is 6.42 Å². The maximum absolute atomic E-state index is 5.22. The lowest BCUT2D eigenvalue weighted by molar-refractivity contribution is 0.0375. The van der Waals surface area contributed by atoms with Crippen LogP contribution >= 0.6 is 37.2 Å². The first-order chi connectivity index (χ1) is 5.43. The van der Waals surface area contributed by atoms with Gasteiger partial charge in [-0.05, 0) is 13.0 Å². The van der Waals surface area contributed by atoms with Crippen LogP contribution in [0, 0.1) is 0 Å². The van der Waals surface area contributed by atoms with Gasteiger partial charge in [-0.15, -0.1) is 37.2 Å². The zero-order valence-electron chi connectivity index (χ0n) is 8.11. The molecule has 7 heteroatoms. The Hall–Kier alpha value is 0.710. The van der Waals surface area contributed by atoms with Gasteiger partial charge in [-0.25, -0.2) is 0 Å². The van der Waals surface area contributed by atoms with E-state index >= 15 is 0 Å². The zero-order chi connectivity index (χ0) is 7.94. The minimum atomic E-state index is 0. The van der Waals surface area contributed by atoms with Gasteiger partial charge >= 0.3 is 0 Å². The van der Waals surface area contributed by atoms with Gasteiger partial charge in [0.2, 0.25) is 0 Å². The number of nitrogens with one attached hydrogen (secondary N) is 1. The third-order valence-electron chi connectivity index (χ3n) is 1.90. The van der Waals surface area contributed by atoms with Crippen molar-refractivity contribution >= 4 is 37.2 Å². The third-order valence-corrected chi connectivity index (χ3v) is 1.90. The lowest BCUT2D eigenvalue weighted by Crippen LogP contribution is -2.38. The van der Waals surface area contributed by atoms with Crippen molar-refractivity contribution in [1.29, 1.82) is 0 Å². The average Bonchev–Trinajstić information content (AvgIpc) is 2.07. The highest BCUT2D eigenvalue weighted by Gasteiger charge is 2.08. The van der Waals surface area contributed by atoms with E-state index in [0.717, 1.165) is 45.8 Å². The number of hydrogen-bond acceptors (Lipinski definition) is 4. The standard InChI is InChI=1S/C7H17N3O.3ClH/c8-9-2-1-3-10-4-6-11-7-5-10;;;/h9H,1-8H2;3*1H. The Balaban J connectivity index is -0.000000403. The number of rotatable bonds is 4. The fourth-order valence-electron chi connectivity index (χ4n) is 1.23. The number of nitrogens with two attached hydrogens (primary N) is 1. The molecule has 0 radical (unpaired) electrons. The van der Waals surface area contributed by atoms with Gasteiger partial charge in [-0.1, -0.05) is 0 Å². The van der Waals surface area contributed by atoms with Crippen LogP contribution in [-0.2, 0) is 4.74 Å². The number of hydrazine groups is 1. The van der Waals surface area contributed by atoms with Crippen LogP contribution < -0.4 is 11.3 Å². The summed E-state index contributed by atoms with van der Waals surface area (Å²) in [6, 6.07) is 0. The minimum Gasteiger partial charge on any atom is -0.379 e. The summed E-state index contributed by atoms with van der Waals surface area (Å²) in [6.45, 7) is 5.95. The van der Waals surface area contributed by atoms with E-state index in [1.165, 1.54) is 0 Å². The Labute approximate surface area is 104 Å². The molecule has 0 aromatic rings. The zero-order valence-corrected chi connectivity index (χ0v) is 10.6. The van der Waals surface area contributed by atoms with E-state index < -0.39 is 0 Å². The molecule has 14 heavy (non-hydrogen) atoms. The van der Waals surface area contributed by atoms with Gasteiger partial charge in [0.25, 0.3) is 0 Å². The molecule has 0 spiro atoms. The molecule has 0 amide bonds. The molecular formula is C7H20Cl3N3O. The van der Waals surface area contributed by atoms with Gasteiger partial charge in [-0.3, -0.25) is 16.2 Å². The highest BCUT2D eigenvalue weighted by atomic mass is 35.5. The monoisotopic (exact) mass is 267 g/mol. The van der Waals surface area contributed by atoms with E-state index in [2.05, 4.69) is 10.3 Å². The van der Waals surface area contributed by atoms with E-state index in [0.29, 0.717) is 0 Å². The maximum Gasteiger partial charge on any atom is 0.0594 e. The van der Waals surface area contributed by atoms with Crippen molar-refractivity contribution in [2.75, 3.05) is 39.4 Å². The van der Waals surface area contributed by atoms with Crippen LogP contribution in [0.4, 0.5) is 0 Å². The molecule has 1 aliphatic heterocycles. The largest absolute Gasteiger partial charge is 0.379 e. The Morgan fingerprint density at radius 2 is 1.71 bits per heavy atom. The molecule has 1 saturated heterocycles. The van der Waals surface area contributed by atoms with Crippen molar-refractivity contribution in [3.63, 3.8) is 0 Å². The minimum absolute atomic E-state index is 0. The van der Waals surface area contributed by atoms with Crippen LogP contribution in [0.2, 0.25) is 0 Å². The van der Waals surface area contributed by atoms with Crippen LogP contribution in [0.5, 0.6) is 0 Å². The summed E-state index contributed by atoms with van der Waals surface area (Å²) in [6.07, 6.45) is 1.12. The van der Waals surface area contributed by atoms with Gasteiger partial charge < -0.3 is 4.74 Å². The highest BCUT2D eigenvalue weighted by molar-refractivity contribution is 5.86. The quantitative estimate of drug-likeness (QED) is 0.441. The molecule has 0 saturated carbocycles. The van der Waals surface area contributed by atoms with Crippen LogP contribution in [-0.4, -0.2) is 44.3 Å². The van der Waals surface area contributed by atoms with Crippen molar-refractivity contribution in [3.8, 4) is 0 Å². The summed E-state index contributed by atoms with van der Waals surface area (Å²) in [5.74, 6) is 5.15. The summed E-state index contributed by atoms with van der Waals surface area (Å²) >= 11 is 0. The Morgan fingerprint density at radius 1 is 1.14 bits per heavy atom. The summed E-state index contributed by atoms with van der Waals surface area (Å²) in [5.41, 5.74) is 2.65. The molecule has 0 atom stereocenters. The van der Waals surface area contributed by atoms with E-state index in [-0.39, 0.29) is 37.2 Å². The lowest BCUT2D eigenvalue weighted by atomic mass is 10.3. The first-order valence-electron chi connectivity index (χ1n) is 4.17. The number of nitrogens with zero attached hydrogens (tertiary/aromatic N) is 1. The molecule has 0 bridgehead atoms. The summed E-state index contributed by atoms with van der Waals surface area (Å²) in [4.78, 5) is 2.40. The molecule has 90 valence electrons. The fourth-order valence-corrected chi connectivity index (χ4v) is 1.23. The van der Waals surface area contributed by atoms with Gasteiger partial charge in [-0.2, -0.15) is 0 Å². The molecule has 0 unspecified atom stereocenters. The Morgan fingerprint density at radius 3 is 2.21 bits per heavy atom. The number of ether oxygens (including phenoxy) is 1. The fraction of sp³-hybridized carbons (Fsp3) is 1.00. The second kappa shape index (κ2) is 13.7. The molecule has 0 aromatic heterocycles. The van der Waals surface area contributed by atoms with Crippen LogP contribution in [0.25, 0.3) is 0 Å². The number of halogens is 3. The van der Waals surface area contributed by atoms with Crippen molar-refractivity contribution in [2.24, 2.45) is 5.84 Å². The van der Waals surface area contributed by atoms with E-state index in [1.54, 1.807) is 0 Å². The molecule has 0 aromatic carbocycles. The first kappa shape index (κ1) is 20.2. The van der Waals surface area contributed by atoms with Gasteiger partial charge in [0.1, 0.15) is 0 Å². The molecule has 1 rings (SSSR count).